The smallest absolute Gasteiger partial charge is 0.229 e. The predicted octanol–water partition coefficient (Wildman–Crippen LogP) is 3.72. The molecular weight excluding hydrogens is 436 g/mol. The van der Waals surface area contributed by atoms with Gasteiger partial charge in [0.15, 0.2) is 11.6 Å². The molecule has 0 bridgehead atoms. The number of benzene rings is 1. The second-order valence-corrected chi connectivity index (χ2v) is 11.3. The highest BCUT2D eigenvalue weighted by Crippen LogP contribution is 2.50. The van der Waals surface area contributed by atoms with E-state index in [9.17, 15) is 9.47 Å². The summed E-state index contributed by atoms with van der Waals surface area (Å²) in [7, 11) is -2.34. The van der Waals surface area contributed by atoms with Crippen LogP contribution in [0.2, 0.25) is 0 Å². The van der Waals surface area contributed by atoms with Crippen LogP contribution < -0.4 is 16.0 Å². The minimum atomic E-state index is -2.34. The van der Waals surface area contributed by atoms with E-state index >= 15 is 0 Å². The van der Waals surface area contributed by atoms with Crippen LogP contribution in [-0.4, -0.2) is 38.2 Å². The molecule has 0 amide bonds. The van der Waals surface area contributed by atoms with Crippen molar-refractivity contribution in [3.63, 3.8) is 0 Å². The molecule has 0 saturated heterocycles. The second-order valence-electron chi connectivity index (χ2n) is 8.73. The van der Waals surface area contributed by atoms with Crippen LogP contribution in [0.3, 0.4) is 0 Å². The lowest BCUT2D eigenvalue weighted by atomic mass is 9.88. The summed E-state index contributed by atoms with van der Waals surface area (Å²) in [4.78, 5) is 13.1. The van der Waals surface area contributed by atoms with Crippen LogP contribution in [0.1, 0.15) is 29.5 Å². The van der Waals surface area contributed by atoms with Crippen LogP contribution in [0.25, 0.3) is 0 Å². The van der Waals surface area contributed by atoms with Crippen molar-refractivity contribution in [2.75, 3.05) is 29.7 Å². The highest BCUT2D eigenvalue weighted by atomic mass is 32.2. The highest BCUT2D eigenvalue weighted by Gasteiger charge is 2.46. The number of nitrogens with one attached hydrogen (secondary N) is 3. The first-order valence-corrected chi connectivity index (χ1v) is 13.0. The molecule has 2 aliphatic rings. The molecule has 2 aromatic heterocycles. The minimum Gasteiger partial charge on any atom is -0.324 e. The van der Waals surface area contributed by atoms with Gasteiger partial charge in [0.05, 0.1) is 6.20 Å². The van der Waals surface area contributed by atoms with E-state index < -0.39 is 9.73 Å². The van der Waals surface area contributed by atoms with E-state index in [1.165, 1.54) is 30.2 Å². The molecule has 3 heterocycles. The van der Waals surface area contributed by atoms with Crippen molar-refractivity contribution in [3.8, 4) is 6.07 Å². The fourth-order valence-corrected chi connectivity index (χ4v) is 4.65. The Hall–Kier alpha value is -3.55. The average Bonchev–Trinajstić information content (AvgIpc) is 3.53. The maximum Gasteiger partial charge on any atom is 0.229 e. The summed E-state index contributed by atoms with van der Waals surface area (Å²) in [6, 6.07) is 13.6. The van der Waals surface area contributed by atoms with Crippen LogP contribution in [-0.2, 0) is 21.7 Å². The van der Waals surface area contributed by atoms with Gasteiger partial charge in [0.25, 0.3) is 0 Å². The lowest BCUT2D eigenvalue weighted by molar-refractivity contribution is 0.531. The summed E-state index contributed by atoms with van der Waals surface area (Å²) in [6.45, 7) is 1.90. The Labute approximate surface area is 192 Å². The van der Waals surface area contributed by atoms with Crippen LogP contribution in [0.4, 0.5) is 29.1 Å². The van der Waals surface area contributed by atoms with E-state index in [1.54, 1.807) is 30.7 Å². The Bertz CT molecular complexity index is 1390. The highest BCUT2D eigenvalue weighted by molar-refractivity contribution is 7.92. The average molecular weight is 461 g/mol. The number of fused-ring (bicyclic) bond motifs is 2. The van der Waals surface area contributed by atoms with Crippen molar-refractivity contribution in [2.45, 2.75) is 24.8 Å². The summed E-state index contributed by atoms with van der Waals surface area (Å²) in [5.41, 5.74) is 4.23. The quantitative estimate of drug-likeness (QED) is 0.525. The number of pyridine rings is 1. The fourth-order valence-electron chi connectivity index (χ4n) is 4.10. The van der Waals surface area contributed by atoms with Gasteiger partial charge < -0.3 is 16.0 Å². The maximum atomic E-state index is 12.0. The van der Waals surface area contributed by atoms with Gasteiger partial charge in [-0.1, -0.05) is 12.1 Å². The SMILES string of the molecule is CS(C)(=O)=Nc1cccc(Nc2nc(Nc3ccc4c(c3)CNCC43CC3)ncc2C#N)n1. The van der Waals surface area contributed by atoms with Crippen LogP contribution in [0.15, 0.2) is 47.0 Å². The van der Waals surface area contributed by atoms with Gasteiger partial charge in [-0.25, -0.2) is 14.2 Å². The van der Waals surface area contributed by atoms with Crippen LogP contribution >= 0.6 is 0 Å². The molecule has 5 rings (SSSR count). The van der Waals surface area contributed by atoms with Gasteiger partial charge in [0.1, 0.15) is 17.5 Å². The molecule has 33 heavy (non-hydrogen) atoms. The summed E-state index contributed by atoms with van der Waals surface area (Å²) in [5.74, 6) is 1.48. The Kier molecular flexibility index (Phi) is 5.23. The zero-order chi connectivity index (χ0) is 23.1. The number of nitriles is 1. The number of hydrogen-bond donors (Lipinski definition) is 3. The van der Waals surface area contributed by atoms with Crippen molar-refractivity contribution in [3.05, 3.63) is 59.3 Å². The molecule has 10 heteroatoms. The molecule has 3 N–H and O–H groups in total. The zero-order valence-corrected chi connectivity index (χ0v) is 19.2. The molecule has 1 aliphatic carbocycles. The van der Waals surface area contributed by atoms with Crippen LogP contribution in [0, 0.1) is 11.3 Å². The Morgan fingerprint density at radius 2 is 2.03 bits per heavy atom. The van der Waals surface area contributed by atoms with Gasteiger partial charge >= 0.3 is 0 Å². The molecular formula is C23H24N8OS. The van der Waals surface area contributed by atoms with Crippen molar-refractivity contribution >= 4 is 38.8 Å². The monoisotopic (exact) mass is 460 g/mol. The third-order valence-electron chi connectivity index (χ3n) is 5.77. The first-order chi connectivity index (χ1) is 15.8. The summed E-state index contributed by atoms with van der Waals surface area (Å²) in [6.07, 6.45) is 7.04. The molecule has 1 aromatic carbocycles. The number of anilines is 4. The largest absolute Gasteiger partial charge is 0.324 e. The molecule has 3 aromatic rings. The molecule has 1 aliphatic heterocycles. The Balaban J connectivity index is 1.40. The molecule has 168 valence electrons. The van der Waals surface area contributed by atoms with Gasteiger partial charge in [0, 0.05) is 46.4 Å². The minimum absolute atomic E-state index is 0.282. The number of hydrogen-bond acceptors (Lipinski definition) is 9. The maximum absolute atomic E-state index is 12.0. The van der Waals surface area contributed by atoms with E-state index in [1.807, 2.05) is 0 Å². The van der Waals surface area contributed by atoms with Crippen molar-refractivity contribution in [2.24, 2.45) is 4.36 Å². The summed E-state index contributed by atoms with van der Waals surface area (Å²) >= 11 is 0. The van der Waals surface area contributed by atoms with Gasteiger partial charge in [-0.2, -0.15) is 14.6 Å². The van der Waals surface area contributed by atoms with Gasteiger partial charge in [0.2, 0.25) is 5.95 Å². The molecule has 9 nitrogen and oxygen atoms in total. The van der Waals surface area contributed by atoms with Crippen molar-refractivity contribution in [1.29, 1.82) is 5.26 Å². The van der Waals surface area contributed by atoms with E-state index in [4.69, 9.17) is 0 Å². The third-order valence-corrected chi connectivity index (χ3v) is 6.40. The number of nitrogens with zero attached hydrogens (tertiary/aromatic N) is 5. The molecule has 1 saturated carbocycles. The topological polar surface area (TPSA) is 128 Å². The van der Waals surface area contributed by atoms with Gasteiger partial charge in [-0.05, 0) is 48.2 Å². The fraction of sp³-hybridized carbons (Fsp3) is 0.304. The molecule has 1 fully saturated rings. The van der Waals surface area contributed by atoms with E-state index in [0.29, 0.717) is 28.8 Å². The third kappa shape index (κ3) is 4.65. The predicted molar refractivity (Wildman–Crippen MR) is 129 cm³/mol. The first kappa shape index (κ1) is 21.3. The number of aromatic nitrogens is 3. The van der Waals surface area contributed by atoms with Gasteiger partial charge in [-0.15, -0.1) is 0 Å². The molecule has 0 atom stereocenters. The van der Waals surface area contributed by atoms with E-state index in [-0.39, 0.29) is 5.56 Å². The normalized spacial score (nSPS) is 15.9. The van der Waals surface area contributed by atoms with E-state index in [2.05, 4.69) is 59.5 Å². The van der Waals surface area contributed by atoms with Crippen LogP contribution in [0.5, 0.6) is 0 Å². The van der Waals surface area contributed by atoms with Gasteiger partial charge in [-0.3, -0.25) is 0 Å². The lowest BCUT2D eigenvalue weighted by Crippen LogP contribution is -2.33. The van der Waals surface area contributed by atoms with E-state index in [0.717, 1.165) is 18.8 Å². The van der Waals surface area contributed by atoms with Crippen molar-refractivity contribution in [1.82, 2.24) is 20.3 Å². The molecule has 1 spiro atoms. The van der Waals surface area contributed by atoms with Crippen molar-refractivity contribution < 1.29 is 4.21 Å². The summed E-state index contributed by atoms with van der Waals surface area (Å²) in [5, 5.41) is 19.3. The number of rotatable bonds is 5. The Morgan fingerprint density at radius 1 is 1.18 bits per heavy atom. The molecule has 0 radical (unpaired) electrons. The summed E-state index contributed by atoms with van der Waals surface area (Å²) < 4.78 is 16.1. The molecule has 0 unspecified atom stereocenters. The second kappa shape index (κ2) is 8.10. The standard InChI is InChI=1S/C23H24N8OS/c1-33(2,32)31-20-5-3-4-19(28-20)29-21-16(11-24)13-26-22(30-21)27-17-6-7-18-15(10-17)12-25-14-23(18)8-9-23/h3-7,10,13,25H,8-9,12,14H2,1-2H3,(H2,26,27,28,29,30). The lowest BCUT2D eigenvalue weighted by Gasteiger charge is -2.26. The Morgan fingerprint density at radius 3 is 2.79 bits per heavy atom. The first-order valence-electron chi connectivity index (χ1n) is 10.6. The zero-order valence-electron chi connectivity index (χ0n) is 18.4.